The van der Waals surface area contributed by atoms with Crippen LogP contribution in [0.15, 0.2) is 54.1 Å². The average Bonchev–Trinajstić information content (AvgIpc) is 3.20. The lowest BCUT2D eigenvalue weighted by Gasteiger charge is -2.18. The number of rotatable bonds is 7. The summed E-state index contributed by atoms with van der Waals surface area (Å²) in [6.45, 7) is 1.59. The van der Waals surface area contributed by atoms with Gasteiger partial charge in [-0.2, -0.15) is 0 Å². The van der Waals surface area contributed by atoms with Gasteiger partial charge in [-0.1, -0.05) is 18.2 Å². The lowest BCUT2D eigenvalue weighted by atomic mass is 10.2. The number of hydrogen-bond acceptors (Lipinski definition) is 6. The first-order valence-corrected chi connectivity index (χ1v) is 9.82. The molecular weight excluding hydrogens is 407 g/mol. The number of hydrogen-bond donors (Lipinski definition) is 1. The summed E-state index contributed by atoms with van der Waals surface area (Å²) in [7, 11) is 1.51. The van der Waals surface area contributed by atoms with Gasteiger partial charge >= 0.3 is 0 Å². The van der Waals surface area contributed by atoms with Crippen molar-refractivity contribution in [3.05, 3.63) is 71.1 Å². The lowest BCUT2D eigenvalue weighted by Crippen LogP contribution is -2.23. The molecule has 2 amide bonds. The number of benzene rings is 1. The highest BCUT2D eigenvalue weighted by atomic mass is 32.1. The van der Waals surface area contributed by atoms with Crippen LogP contribution < -0.4 is 15.0 Å². The molecule has 0 aliphatic rings. The molecule has 0 radical (unpaired) electrons. The molecule has 0 atom stereocenters. The third-order valence-corrected chi connectivity index (χ3v) is 4.86. The summed E-state index contributed by atoms with van der Waals surface area (Å²) < 4.78 is 19.3. The maximum atomic E-state index is 14.1. The molecule has 3 rings (SSSR count). The molecular formula is C21H19FN4O3S. The maximum absolute atomic E-state index is 14.1. The van der Waals surface area contributed by atoms with Gasteiger partial charge in [0, 0.05) is 36.7 Å². The summed E-state index contributed by atoms with van der Waals surface area (Å²) in [5.74, 6) is -0.769. The monoisotopic (exact) mass is 426 g/mol. The van der Waals surface area contributed by atoms with Crippen molar-refractivity contribution in [3.63, 3.8) is 0 Å². The number of ether oxygens (including phenoxy) is 1. The summed E-state index contributed by atoms with van der Waals surface area (Å²) in [6, 6.07) is 9.54. The van der Waals surface area contributed by atoms with Gasteiger partial charge in [0.25, 0.3) is 0 Å². The Bertz CT molecular complexity index is 1080. The van der Waals surface area contributed by atoms with Crippen LogP contribution >= 0.6 is 11.3 Å². The molecule has 30 heavy (non-hydrogen) atoms. The Labute approximate surface area is 176 Å². The van der Waals surface area contributed by atoms with Crippen LogP contribution in [0, 0.1) is 5.82 Å². The van der Waals surface area contributed by atoms with E-state index in [0.29, 0.717) is 16.7 Å². The van der Waals surface area contributed by atoms with E-state index in [-0.39, 0.29) is 24.0 Å². The normalized spacial score (nSPS) is 10.8. The zero-order chi connectivity index (χ0) is 21.5. The van der Waals surface area contributed by atoms with Crippen molar-refractivity contribution < 1.29 is 18.7 Å². The molecule has 2 aromatic heterocycles. The van der Waals surface area contributed by atoms with Crippen LogP contribution in [0.2, 0.25) is 0 Å². The second kappa shape index (κ2) is 9.75. The van der Waals surface area contributed by atoms with E-state index in [2.05, 4.69) is 15.3 Å². The van der Waals surface area contributed by atoms with Crippen molar-refractivity contribution in [2.24, 2.45) is 0 Å². The predicted octanol–water partition coefficient (Wildman–Crippen LogP) is 3.70. The van der Waals surface area contributed by atoms with E-state index >= 15 is 0 Å². The Kier molecular flexibility index (Phi) is 6.87. The van der Waals surface area contributed by atoms with Gasteiger partial charge in [0.1, 0.15) is 5.82 Å². The summed E-state index contributed by atoms with van der Waals surface area (Å²) in [5, 5.41) is 4.73. The first kappa shape index (κ1) is 21.1. The molecule has 0 aliphatic carbocycles. The molecule has 7 nitrogen and oxygen atoms in total. The second-order valence-corrected chi connectivity index (χ2v) is 6.92. The average molecular weight is 426 g/mol. The number of amides is 2. The fraction of sp³-hybridized carbons (Fsp3) is 0.143. The highest BCUT2D eigenvalue weighted by molar-refractivity contribution is 7.14. The van der Waals surface area contributed by atoms with Crippen LogP contribution in [0.3, 0.4) is 0 Å². The van der Waals surface area contributed by atoms with Gasteiger partial charge in [0.05, 0.1) is 18.5 Å². The lowest BCUT2D eigenvalue weighted by molar-refractivity contribution is -0.117. The van der Waals surface area contributed by atoms with Crippen LogP contribution in [0.1, 0.15) is 18.2 Å². The van der Waals surface area contributed by atoms with Gasteiger partial charge < -0.3 is 10.1 Å². The van der Waals surface area contributed by atoms with E-state index in [4.69, 9.17) is 4.74 Å². The zero-order valence-corrected chi connectivity index (χ0v) is 17.1. The molecule has 0 unspecified atom stereocenters. The maximum Gasteiger partial charge on any atom is 0.244 e. The smallest absolute Gasteiger partial charge is 0.244 e. The number of carbonyl (C=O) groups excluding carboxylic acids is 2. The van der Waals surface area contributed by atoms with E-state index in [9.17, 15) is 14.0 Å². The zero-order valence-electron chi connectivity index (χ0n) is 16.3. The molecule has 0 fully saturated rings. The second-order valence-electron chi connectivity index (χ2n) is 6.08. The summed E-state index contributed by atoms with van der Waals surface area (Å²) in [5.41, 5.74) is 1.35. The quantitative estimate of drug-likeness (QED) is 0.583. The number of carbonyl (C=O) groups is 2. The van der Waals surface area contributed by atoms with Gasteiger partial charge in [-0.05, 0) is 24.3 Å². The SMILES string of the molecule is COc1ncccc1CNC(=O)/C=C/c1csc(N(C(C)=O)c2ccccc2F)n1. The number of pyridine rings is 1. The topological polar surface area (TPSA) is 84.4 Å². The van der Waals surface area contributed by atoms with E-state index in [1.807, 2.05) is 6.07 Å². The molecule has 1 aromatic carbocycles. The van der Waals surface area contributed by atoms with Crippen LogP contribution in [0.5, 0.6) is 5.88 Å². The van der Waals surface area contributed by atoms with Crippen LogP contribution in [-0.4, -0.2) is 28.9 Å². The standard InChI is InChI=1S/C21H19FN4O3S/c1-14(27)26(18-8-4-3-7-17(18)22)21-25-16(13-30-21)9-10-19(28)24-12-15-6-5-11-23-20(15)29-2/h3-11,13H,12H2,1-2H3,(H,24,28)/b10-9+. The number of aromatic nitrogens is 2. The largest absolute Gasteiger partial charge is 0.481 e. The number of anilines is 2. The third kappa shape index (κ3) is 5.06. The first-order valence-electron chi connectivity index (χ1n) is 8.94. The molecule has 9 heteroatoms. The molecule has 154 valence electrons. The molecule has 0 bridgehead atoms. The molecule has 0 spiro atoms. The fourth-order valence-corrected chi connectivity index (χ4v) is 3.49. The third-order valence-electron chi connectivity index (χ3n) is 4.01. The minimum absolute atomic E-state index is 0.123. The van der Waals surface area contributed by atoms with Gasteiger partial charge in [0.2, 0.25) is 17.7 Å². The molecule has 1 N–H and O–H groups in total. The van der Waals surface area contributed by atoms with Crippen molar-refractivity contribution in [1.29, 1.82) is 0 Å². The number of halogens is 1. The van der Waals surface area contributed by atoms with E-state index in [1.54, 1.807) is 29.8 Å². The number of methoxy groups -OCH3 is 1. The van der Waals surface area contributed by atoms with Crippen LogP contribution in [0.25, 0.3) is 6.08 Å². The summed E-state index contributed by atoms with van der Waals surface area (Å²) in [4.78, 5) is 33.8. The van der Waals surface area contributed by atoms with Crippen LogP contribution in [-0.2, 0) is 16.1 Å². The van der Waals surface area contributed by atoms with Gasteiger partial charge in [-0.3, -0.25) is 14.5 Å². The summed E-state index contributed by atoms with van der Waals surface area (Å²) >= 11 is 1.18. The van der Waals surface area contributed by atoms with E-state index < -0.39 is 5.82 Å². The minimum atomic E-state index is -0.523. The Hall–Kier alpha value is -3.59. The Morgan fingerprint density at radius 3 is 2.80 bits per heavy atom. The Morgan fingerprint density at radius 1 is 1.27 bits per heavy atom. The van der Waals surface area contributed by atoms with Crippen molar-refractivity contribution in [1.82, 2.24) is 15.3 Å². The molecule has 0 aliphatic heterocycles. The fourth-order valence-electron chi connectivity index (χ4n) is 2.64. The number of nitrogens with zero attached hydrogens (tertiary/aromatic N) is 3. The minimum Gasteiger partial charge on any atom is -0.481 e. The van der Waals surface area contributed by atoms with Crippen LogP contribution in [0.4, 0.5) is 15.2 Å². The number of thiazole rings is 1. The first-order chi connectivity index (χ1) is 14.5. The number of para-hydroxylation sites is 1. The summed E-state index contributed by atoms with van der Waals surface area (Å²) in [6.07, 6.45) is 4.47. The van der Waals surface area contributed by atoms with Gasteiger partial charge in [-0.15, -0.1) is 11.3 Å². The molecule has 0 saturated heterocycles. The Morgan fingerprint density at radius 2 is 2.07 bits per heavy atom. The van der Waals surface area contributed by atoms with Crippen molar-refractivity contribution in [2.75, 3.05) is 12.0 Å². The molecule has 2 heterocycles. The highest BCUT2D eigenvalue weighted by Crippen LogP contribution is 2.30. The molecule has 3 aromatic rings. The molecule has 0 saturated carbocycles. The predicted molar refractivity (Wildman–Crippen MR) is 113 cm³/mol. The Balaban J connectivity index is 1.68. The van der Waals surface area contributed by atoms with E-state index in [1.165, 1.54) is 54.6 Å². The van der Waals surface area contributed by atoms with Crippen molar-refractivity contribution >= 4 is 40.0 Å². The number of nitrogens with one attached hydrogen (secondary N) is 1. The van der Waals surface area contributed by atoms with Gasteiger partial charge in [0.15, 0.2) is 5.13 Å². The van der Waals surface area contributed by atoms with Crippen molar-refractivity contribution in [2.45, 2.75) is 13.5 Å². The van der Waals surface area contributed by atoms with Crippen molar-refractivity contribution in [3.8, 4) is 5.88 Å². The van der Waals surface area contributed by atoms with Gasteiger partial charge in [-0.25, -0.2) is 14.4 Å². The van der Waals surface area contributed by atoms with E-state index in [0.717, 1.165) is 5.56 Å². The highest BCUT2D eigenvalue weighted by Gasteiger charge is 2.20.